The van der Waals surface area contributed by atoms with Crippen molar-refractivity contribution in [2.75, 3.05) is 6.61 Å². The predicted octanol–water partition coefficient (Wildman–Crippen LogP) is 3.28. The summed E-state index contributed by atoms with van der Waals surface area (Å²) in [5, 5.41) is 11.4. The van der Waals surface area contributed by atoms with Crippen molar-refractivity contribution >= 4 is 18.4 Å². The van der Waals surface area contributed by atoms with Crippen LogP contribution in [-0.2, 0) is 0 Å². The SMILES string of the molecule is CCOc1ccccc1/C=N\n1c(-c2cccnc2)n[nH]c1=S. The van der Waals surface area contributed by atoms with Crippen LogP contribution in [0, 0.1) is 4.77 Å². The summed E-state index contributed by atoms with van der Waals surface area (Å²) >= 11 is 5.25. The lowest BCUT2D eigenvalue weighted by atomic mass is 10.2. The van der Waals surface area contributed by atoms with E-state index in [2.05, 4.69) is 20.3 Å². The molecule has 2 heterocycles. The quantitative estimate of drug-likeness (QED) is 0.577. The first kappa shape index (κ1) is 15.1. The fraction of sp³-hybridized carbons (Fsp3) is 0.125. The van der Waals surface area contributed by atoms with Gasteiger partial charge in [0, 0.05) is 23.5 Å². The van der Waals surface area contributed by atoms with Crippen LogP contribution >= 0.6 is 12.2 Å². The number of nitrogens with zero attached hydrogens (tertiary/aromatic N) is 4. The molecule has 6 nitrogen and oxygen atoms in total. The molecule has 0 bridgehead atoms. The number of benzene rings is 1. The molecule has 0 aliphatic carbocycles. The van der Waals surface area contributed by atoms with Crippen molar-refractivity contribution in [2.45, 2.75) is 6.92 Å². The summed E-state index contributed by atoms with van der Waals surface area (Å²) in [5.74, 6) is 1.38. The Bertz CT molecular complexity index is 869. The zero-order valence-corrected chi connectivity index (χ0v) is 13.3. The molecule has 0 atom stereocenters. The molecule has 0 fully saturated rings. The average molecular weight is 325 g/mol. The van der Waals surface area contributed by atoms with Crippen molar-refractivity contribution < 1.29 is 4.74 Å². The van der Waals surface area contributed by atoms with E-state index in [9.17, 15) is 0 Å². The number of hydrogen-bond donors (Lipinski definition) is 1. The van der Waals surface area contributed by atoms with Crippen LogP contribution < -0.4 is 4.74 Å². The minimum absolute atomic E-state index is 0.411. The Morgan fingerprint density at radius 1 is 1.30 bits per heavy atom. The van der Waals surface area contributed by atoms with E-state index in [1.54, 1.807) is 23.3 Å². The Morgan fingerprint density at radius 2 is 2.17 bits per heavy atom. The third-order valence-electron chi connectivity index (χ3n) is 3.10. The molecule has 0 spiro atoms. The van der Waals surface area contributed by atoms with Crippen LogP contribution in [0.2, 0.25) is 0 Å². The van der Waals surface area contributed by atoms with E-state index < -0.39 is 0 Å². The number of pyridine rings is 1. The number of H-pyrrole nitrogens is 1. The molecule has 0 aliphatic rings. The normalized spacial score (nSPS) is 11.0. The van der Waals surface area contributed by atoms with Crippen LogP contribution in [0.4, 0.5) is 0 Å². The van der Waals surface area contributed by atoms with E-state index in [0.29, 0.717) is 17.2 Å². The topological polar surface area (TPSA) is 68.1 Å². The molecule has 3 rings (SSSR count). The Labute approximate surface area is 138 Å². The third kappa shape index (κ3) is 3.35. The summed E-state index contributed by atoms with van der Waals surface area (Å²) < 4.78 is 7.57. The molecule has 0 saturated heterocycles. The van der Waals surface area contributed by atoms with Crippen LogP contribution in [0.25, 0.3) is 11.4 Å². The van der Waals surface area contributed by atoms with Gasteiger partial charge in [-0.15, -0.1) is 0 Å². The second-order valence-corrected chi connectivity index (χ2v) is 5.01. The summed E-state index contributed by atoms with van der Waals surface area (Å²) in [6, 6.07) is 11.4. The fourth-order valence-corrected chi connectivity index (χ4v) is 2.25. The highest BCUT2D eigenvalue weighted by atomic mass is 32.1. The predicted molar refractivity (Wildman–Crippen MR) is 91.2 cm³/mol. The van der Waals surface area contributed by atoms with Crippen molar-refractivity contribution in [3.05, 3.63) is 59.1 Å². The second-order valence-electron chi connectivity index (χ2n) is 4.62. The molecule has 0 amide bonds. The molecule has 7 heteroatoms. The maximum absolute atomic E-state index is 5.59. The number of rotatable bonds is 5. The molecule has 0 aliphatic heterocycles. The summed E-state index contributed by atoms with van der Waals surface area (Å²) in [7, 11) is 0. The monoisotopic (exact) mass is 325 g/mol. The van der Waals surface area contributed by atoms with Gasteiger partial charge in [0.1, 0.15) is 5.75 Å². The standard InChI is InChI=1S/C16H15N5OS/c1-2-22-14-8-4-3-6-12(14)11-18-21-15(19-20-16(21)23)13-7-5-9-17-10-13/h3-11H,2H2,1H3,(H,20,23)/b18-11-. The van der Waals surface area contributed by atoms with Crippen LogP contribution in [0.3, 0.4) is 0 Å². The molecular formula is C16H15N5OS. The molecule has 1 aromatic carbocycles. The number of aromatic nitrogens is 4. The van der Waals surface area contributed by atoms with Gasteiger partial charge in [0.25, 0.3) is 0 Å². The Balaban J connectivity index is 1.98. The largest absolute Gasteiger partial charge is 0.493 e. The molecule has 0 saturated carbocycles. The summed E-state index contributed by atoms with van der Waals surface area (Å²) in [6.45, 7) is 2.54. The zero-order chi connectivity index (χ0) is 16.1. The first-order valence-electron chi connectivity index (χ1n) is 7.13. The number of ether oxygens (including phenoxy) is 1. The molecule has 3 aromatic rings. The van der Waals surface area contributed by atoms with Gasteiger partial charge in [-0.25, -0.2) is 5.10 Å². The number of nitrogens with one attached hydrogen (secondary N) is 1. The van der Waals surface area contributed by atoms with Gasteiger partial charge in [0.2, 0.25) is 4.77 Å². The number of aromatic amines is 1. The zero-order valence-electron chi connectivity index (χ0n) is 12.5. The molecule has 2 aromatic heterocycles. The Kier molecular flexibility index (Phi) is 4.58. The van der Waals surface area contributed by atoms with Crippen molar-refractivity contribution in [3.63, 3.8) is 0 Å². The molecular weight excluding hydrogens is 310 g/mol. The number of para-hydroxylation sites is 1. The number of hydrogen-bond acceptors (Lipinski definition) is 5. The van der Waals surface area contributed by atoms with E-state index in [4.69, 9.17) is 17.0 Å². The van der Waals surface area contributed by atoms with E-state index in [1.807, 2.05) is 43.3 Å². The van der Waals surface area contributed by atoms with Crippen LogP contribution in [0.5, 0.6) is 5.75 Å². The first-order valence-corrected chi connectivity index (χ1v) is 7.54. The van der Waals surface area contributed by atoms with Crippen LogP contribution in [-0.4, -0.2) is 32.7 Å². The highest BCUT2D eigenvalue weighted by Crippen LogP contribution is 2.18. The van der Waals surface area contributed by atoms with Gasteiger partial charge < -0.3 is 4.74 Å². The average Bonchev–Trinajstić information content (AvgIpc) is 2.96. The molecule has 0 radical (unpaired) electrons. The van der Waals surface area contributed by atoms with Gasteiger partial charge in [-0.05, 0) is 43.4 Å². The lowest BCUT2D eigenvalue weighted by Gasteiger charge is -2.06. The van der Waals surface area contributed by atoms with Crippen molar-refractivity contribution in [1.82, 2.24) is 19.9 Å². The summed E-state index contributed by atoms with van der Waals surface area (Å²) in [4.78, 5) is 4.10. The van der Waals surface area contributed by atoms with Crippen LogP contribution in [0.1, 0.15) is 12.5 Å². The van der Waals surface area contributed by atoms with Gasteiger partial charge in [-0.2, -0.15) is 14.9 Å². The van der Waals surface area contributed by atoms with Crippen molar-refractivity contribution in [2.24, 2.45) is 5.10 Å². The van der Waals surface area contributed by atoms with Gasteiger partial charge in [-0.1, -0.05) is 12.1 Å². The molecule has 0 unspecified atom stereocenters. The van der Waals surface area contributed by atoms with E-state index in [-0.39, 0.29) is 0 Å². The minimum atomic E-state index is 0.411. The van der Waals surface area contributed by atoms with E-state index >= 15 is 0 Å². The fourth-order valence-electron chi connectivity index (χ4n) is 2.07. The van der Waals surface area contributed by atoms with Crippen molar-refractivity contribution in [1.29, 1.82) is 0 Å². The smallest absolute Gasteiger partial charge is 0.216 e. The lowest BCUT2D eigenvalue weighted by Crippen LogP contribution is -1.98. The Hall–Kier alpha value is -2.80. The van der Waals surface area contributed by atoms with E-state index in [0.717, 1.165) is 16.9 Å². The van der Waals surface area contributed by atoms with Gasteiger partial charge in [-0.3, -0.25) is 4.98 Å². The highest BCUT2D eigenvalue weighted by Gasteiger charge is 2.08. The molecule has 23 heavy (non-hydrogen) atoms. The maximum atomic E-state index is 5.59. The highest BCUT2D eigenvalue weighted by molar-refractivity contribution is 7.71. The maximum Gasteiger partial charge on any atom is 0.216 e. The summed E-state index contributed by atoms with van der Waals surface area (Å²) in [5.41, 5.74) is 1.70. The summed E-state index contributed by atoms with van der Waals surface area (Å²) in [6.07, 6.45) is 5.12. The second kappa shape index (κ2) is 6.97. The Morgan fingerprint density at radius 3 is 2.96 bits per heavy atom. The van der Waals surface area contributed by atoms with Gasteiger partial charge in [0.15, 0.2) is 5.82 Å². The third-order valence-corrected chi connectivity index (χ3v) is 3.37. The molecule has 1 N–H and O–H groups in total. The van der Waals surface area contributed by atoms with Gasteiger partial charge >= 0.3 is 0 Å². The molecule has 116 valence electrons. The van der Waals surface area contributed by atoms with E-state index in [1.165, 1.54) is 0 Å². The van der Waals surface area contributed by atoms with Crippen LogP contribution in [0.15, 0.2) is 53.9 Å². The lowest BCUT2D eigenvalue weighted by molar-refractivity contribution is 0.340. The van der Waals surface area contributed by atoms with Crippen molar-refractivity contribution in [3.8, 4) is 17.1 Å². The first-order chi connectivity index (χ1) is 11.3. The minimum Gasteiger partial charge on any atom is -0.493 e. The van der Waals surface area contributed by atoms with Gasteiger partial charge in [0.05, 0.1) is 12.8 Å².